The Kier molecular flexibility index (Phi) is 5.23. The number of ether oxygens (including phenoxy) is 1. The van der Waals surface area contributed by atoms with Crippen LogP contribution in [0.1, 0.15) is 16.7 Å². The van der Waals surface area contributed by atoms with Gasteiger partial charge in [0.2, 0.25) is 0 Å². The first kappa shape index (κ1) is 20.7. The first-order valence-electron chi connectivity index (χ1n) is 10.6. The first-order chi connectivity index (χ1) is 16.1. The highest BCUT2D eigenvalue weighted by molar-refractivity contribution is 6.11. The zero-order valence-corrected chi connectivity index (χ0v) is 18.3. The van der Waals surface area contributed by atoms with Crippen molar-refractivity contribution in [3.63, 3.8) is 0 Å². The van der Waals surface area contributed by atoms with Crippen LogP contribution in [0.25, 0.3) is 33.1 Å². The smallest absolute Gasteiger partial charge is 0.124 e. The Hall–Kier alpha value is -4.24. The van der Waals surface area contributed by atoms with Gasteiger partial charge < -0.3 is 4.74 Å². The van der Waals surface area contributed by atoms with Crippen molar-refractivity contribution in [2.75, 3.05) is 7.11 Å². The van der Waals surface area contributed by atoms with Crippen molar-refractivity contribution in [2.24, 2.45) is 7.05 Å². The maximum absolute atomic E-state index is 13.3. The molecule has 5 rings (SSSR count). The highest BCUT2D eigenvalue weighted by atomic mass is 19.1. The fraction of sp³-hybridized carbons (Fsp3) is 0.148. The number of fused-ring (bicyclic) bond motifs is 3. The molecule has 0 aliphatic heterocycles. The molecular weight excluding hydrogens is 415 g/mol. The van der Waals surface area contributed by atoms with E-state index in [-0.39, 0.29) is 5.82 Å². The van der Waals surface area contributed by atoms with Crippen molar-refractivity contribution < 1.29 is 9.13 Å². The van der Waals surface area contributed by atoms with Gasteiger partial charge in [0.15, 0.2) is 0 Å². The summed E-state index contributed by atoms with van der Waals surface area (Å²) in [4.78, 5) is 4.66. The molecule has 0 amide bonds. The molecule has 5 aromatic rings. The molecule has 33 heavy (non-hydrogen) atoms. The van der Waals surface area contributed by atoms with E-state index in [2.05, 4.69) is 17.1 Å². The average Bonchev–Trinajstić information content (AvgIpc) is 3.20. The maximum Gasteiger partial charge on any atom is 0.124 e. The summed E-state index contributed by atoms with van der Waals surface area (Å²) < 4.78 is 20.8. The number of pyridine rings is 1. The number of hydrogen-bond donors (Lipinski definition) is 0. The molecule has 162 valence electrons. The number of halogens is 1. The van der Waals surface area contributed by atoms with Gasteiger partial charge in [0.1, 0.15) is 17.3 Å². The number of methoxy groups -OCH3 is 1. The summed E-state index contributed by atoms with van der Waals surface area (Å²) in [6, 6.07) is 20.3. The number of aryl methyl sites for hydroxylation is 3. The molecule has 0 aliphatic rings. The Labute approximate surface area is 190 Å². The van der Waals surface area contributed by atoms with Crippen LogP contribution in [-0.2, 0) is 19.9 Å². The molecule has 2 aromatic heterocycles. The molecule has 0 fully saturated rings. The third-order valence-corrected chi connectivity index (χ3v) is 5.97. The van der Waals surface area contributed by atoms with Crippen molar-refractivity contribution in [2.45, 2.75) is 12.8 Å². The van der Waals surface area contributed by atoms with E-state index in [1.807, 2.05) is 48.3 Å². The van der Waals surface area contributed by atoms with Gasteiger partial charge >= 0.3 is 0 Å². The largest absolute Gasteiger partial charge is 0.496 e. The zero-order valence-electron chi connectivity index (χ0n) is 18.3. The van der Waals surface area contributed by atoms with Crippen LogP contribution in [0.3, 0.4) is 0 Å². The summed E-state index contributed by atoms with van der Waals surface area (Å²) in [7, 11) is 3.56. The van der Waals surface area contributed by atoms with Crippen LogP contribution in [0.5, 0.6) is 5.75 Å². The molecule has 5 nitrogen and oxygen atoms in total. The highest BCUT2D eigenvalue weighted by Gasteiger charge is 2.17. The number of hydrogen-bond acceptors (Lipinski definition) is 4. The van der Waals surface area contributed by atoms with Gasteiger partial charge in [-0.25, -0.2) is 4.39 Å². The van der Waals surface area contributed by atoms with Crippen LogP contribution in [0.4, 0.5) is 4.39 Å². The monoisotopic (exact) mass is 436 g/mol. The lowest BCUT2D eigenvalue weighted by Crippen LogP contribution is -1.97. The topological polar surface area (TPSA) is 63.7 Å². The van der Waals surface area contributed by atoms with E-state index in [9.17, 15) is 4.39 Å². The van der Waals surface area contributed by atoms with Crippen LogP contribution in [0.15, 0.2) is 66.9 Å². The van der Waals surface area contributed by atoms with E-state index in [1.54, 1.807) is 19.2 Å². The molecule has 0 saturated carbocycles. The summed E-state index contributed by atoms with van der Waals surface area (Å²) in [5.41, 5.74) is 6.27. The third kappa shape index (κ3) is 3.79. The Morgan fingerprint density at radius 2 is 1.79 bits per heavy atom. The molecular formula is C27H21FN4O. The standard InChI is InChI=1S/C27H21FN4O/c1-32-24-16-30-23-14-25(33-2)20(10-3-17-6-11-21(28)12-7-17)13-22(23)26(24)27(31-32)19-8-4-18(15-29)5-9-19/h4-9,11-14,16H,3,10H2,1-2H3. The quantitative estimate of drug-likeness (QED) is 0.360. The molecule has 0 aliphatic carbocycles. The molecule has 0 saturated heterocycles. The third-order valence-electron chi connectivity index (χ3n) is 5.97. The zero-order chi connectivity index (χ0) is 22.9. The van der Waals surface area contributed by atoms with Gasteiger partial charge in [-0.3, -0.25) is 9.67 Å². The van der Waals surface area contributed by atoms with Crippen LogP contribution in [-0.4, -0.2) is 21.9 Å². The minimum Gasteiger partial charge on any atom is -0.496 e. The molecule has 6 heteroatoms. The first-order valence-corrected chi connectivity index (χ1v) is 10.6. The van der Waals surface area contributed by atoms with Crippen LogP contribution in [0, 0.1) is 17.1 Å². The van der Waals surface area contributed by atoms with Crippen molar-refractivity contribution in [3.05, 3.63) is 89.4 Å². The summed E-state index contributed by atoms with van der Waals surface area (Å²) in [5, 5.41) is 15.9. The van der Waals surface area contributed by atoms with Gasteiger partial charge in [0.05, 0.1) is 36.0 Å². The Morgan fingerprint density at radius 1 is 1.03 bits per heavy atom. The predicted molar refractivity (Wildman–Crippen MR) is 127 cm³/mol. The van der Waals surface area contributed by atoms with Crippen molar-refractivity contribution in [1.29, 1.82) is 5.26 Å². The van der Waals surface area contributed by atoms with Gasteiger partial charge in [0.25, 0.3) is 0 Å². The molecule has 0 N–H and O–H groups in total. The lowest BCUT2D eigenvalue weighted by Gasteiger charge is -2.11. The SMILES string of the molecule is COc1cc2ncc3c(c(-c4ccc(C#N)cc4)nn3C)c2cc1CCc1ccc(F)cc1. The normalized spacial score (nSPS) is 11.1. The van der Waals surface area contributed by atoms with Crippen molar-refractivity contribution >= 4 is 21.8 Å². The minimum atomic E-state index is -0.234. The lowest BCUT2D eigenvalue weighted by atomic mass is 9.98. The van der Waals surface area contributed by atoms with E-state index >= 15 is 0 Å². The number of rotatable bonds is 5. The van der Waals surface area contributed by atoms with Gasteiger partial charge in [-0.1, -0.05) is 24.3 Å². The molecule has 0 unspecified atom stereocenters. The summed E-state index contributed by atoms with van der Waals surface area (Å²) in [6.45, 7) is 0. The fourth-order valence-electron chi connectivity index (χ4n) is 4.22. The highest BCUT2D eigenvalue weighted by Crippen LogP contribution is 2.36. The second-order valence-electron chi connectivity index (χ2n) is 7.99. The molecule has 0 radical (unpaired) electrons. The lowest BCUT2D eigenvalue weighted by molar-refractivity contribution is 0.410. The Balaban J connectivity index is 1.65. The summed E-state index contributed by atoms with van der Waals surface area (Å²) in [5.74, 6) is 0.544. The second kappa shape index (κ2) is 8.36. The van der Waals surface area contributed by atoms with Gasteiger partial charge in [-0.05, 0) is 54.3 Å². The molecule has 0 bridgehead atoms. The molecule has 0 spiro atoms. The number of nitriles is 1. The van der Waals surface area contributed by atoms with Gasteiger partial charge in [-0.15, -0.1) is 0 Å². The van der Waals surface area contributed by atoms with Crippen LogP contribution >= 0.6 is 0 Å². The number of nitrogens with zero attached hydrogens (tertiary/aromatic N) is 4. The van der Waals surface area contributed by atoms with E-state index in [0.29, 0.717) is 5.56 Å². The minimum absolute atomic E-state index is 0.234. The molecule has 2 heterocycles. The van der Waals surface area contributed by atoms with Crippen LogP contribution in [0.2, 0.25) is 0 Å². The summed E-state index contributed by atoms with van der Waals surface area (Å²) in [6.07, 6.45) is 3.34. The van der Waals surface area contributed by atoms with E-state index in [4.69, 9.17) is 15.1 Å². The van der Waals surface area contributed by atoms with E-state index in [0.717, 1.165) is 62.8 Å². The predicted octanol–water partition coefficient (Wildman–Crippen LogP) is 5.59. The van der Waals surface area contributed by atoms with Crippen molar-refractivity contribution in [1.82, 2.24) is 14.8 Å². The second-order valence-corrected chi connectivity index (χ2v) is 7.99. The maximum atomic E-state index is 13.3. The van der Waals surface area contributed by atoms with Gasteiger partial charge in [0, 0.05) is 29.4 Å². The summed E-state index contributed by atoms with van der Waals surface area (Å²) >= 11 is 0. The number of aromatic nitrogens is 3. The van der Waals surface area contributed by atoms with Crippen LogP contribution < -0.4 is 4.74 Å². The van der Waals surface area contributed by atoms with Crippen molar-refractivity contribution in [3.8, 4) is 23.1 Å². The average molecular weight is 436 g/mol. The van der Waals surface area contributed by atoms with E-state index < -0.39 is 0 Å². The van der Waals surface area contributed by atoms with E-state index in [1.165, 1.54) is 12.1 Å². The fourth-order valence-corrected chi connectivity index (χ4v) is 4.22. The number of benzene rings is 3. The Morgan fingerprint density at radius 3 is 2.48 bits per heavy atom. The van der Waals surface area contributed by atoms with Gasteiger partial charge in [-0.2, -0.15) is 10.4 Å². The Bertz CT molecular complexity index is 1510. The molecule has 0 atom stereocenters. The molecule has 3 aromatic carbocycles.